The van der Waals surface area contributed by atoms with Gasteiger partial charge in [-0.1, -0.05) is 77.8 Å². The van der Waals surface area contributed by atoms with Gasteiger partial charge in [0.1, 0.15) is 43.5 Å². The Bertz CT molecular complexity index is 2220. The Morgan fingerprint density at radius 3 is 2.43 bits per heavy atom. The van der Waals surface area contributed by atoms with Crippen LogP contribution in [-0.2, 0) is 4.74 Å². The van der Waals surface area contributed by atoms with E-state index < -0.39 is 31.2 Å². The lowest BCUT2D eigenvalue weighted by molar-refractivity contribution is 0.0292. The minimum absolute atomic E-state index is 0.0257. The summed E-state index contributed by atoms with van der Waals surface area (Å²) < 4.78 is 44.2. The fourth-order valence-electron chi connectivity index (χ4n) is 10.2. The van der Waals surface area contributed by atoms with Crippen molar-refractivity contribution in [3.63, 3.8) is 0 Å². The summed E-state index contributed by atoms with van der Waals surface area (Å²) in [4.78, 5) is 33.3. The lowest BCUT2D eigenvalue weighted by Crippen LogP contribution is -2.43. The lowest BCUT2D eigenvalue weighted by Gasteiger charge is -2.38. The van der Waals surface area contributed by atoms with Crippen molar-refractivity contribution in [2.75, 3.05) is 44.7 Å². The van der Waals surface area contributed by atoms with E-state index in [0.29, 0.717) is 65.9 Å². The van der Waals surface area contributed by atoms with Gasteiger partial charge in [-0.2, -0.15) is 9.97 Å². The third-order valence-electron chi connectivity index (χ3n) is 13.0. The summed E-state index contributed by atoms with van der Waals surface area (Å²) in [5.74, 6) is 3.50. The van der Waals surface area contributed by atoms with Crippen molar-refractivity contribution in [2.45, 2.75) is 128 Å². The summed E-state index contributed by atoms with van der Waals surface area (Å²) in [7, 11) is -0.171. The number of amides is 1. The van der Waals surface area contributed by atoms with Crippen molar-refractivity contribution >= 4 is 41.7 Å². The molecule has 58 heavy (non-hydrogen) atoms. The smallest absolute Gasteiger partial charge is 0.410 e. The first-order chi connectivity index (χ1) is 27.4. The molecule has 2 aromatic carbocycles. The van der Waals surface area contributed by atoms with Gasteiger partial charge in [-0.3, -0.25) is 9.88 Å². The molecule has 0 aliphatic carbocycles. The average Bonchev–Trinajstić information content (AvgIpc) is 3.88. The van der Waals surface area contributed by atoms with E-state index >= 15 is 4.39 Å². The number of hydrogen-bond donors (Lipinski definition) is 0. The predicted octanol–water partition coefficient (Wildman–Crippen LogP) is 9.95. The van der Waals surface area contributed by atoms with Crippen LogP contribution in [0.2, 0.25) is 16.6 Å². The number of halogens is 2. The second-order valence-electron chi connectivity index (χ2n) is 18.7. The Hall–Kier alpha value is -4.34. The molecule has 0 bridgehead atoms. The van der Waals surface area contributed by atoms with Gasteiger partial charge in [0.15, 0.2) is 5.82 Å². The lowest BCUT2D eigenvalue weighted by atomic mass is 9.95. The van der Waals surface area contributed by atoms with E-state index in [9.17, 15) is 9.18 Å². The summed E-state index contributed by atoms with van der Waals surface area (Å²) in [6.45, 7) is 21.7. The zero-order valence-corrected chi connectivity index (χ0v) is 37.0. The molecule has 7 rings (SSSR count). The SMILES string of the molecule is CC(C)[Si](C#Cc1cccc2cccc(-c3ncc4c(N(C)C5CCN(C(=O)OC(C)(C)C)C5)nc(OC[C@@]56CCCN5C[C@H](F)C6)nc4c3F)c12)(C(C)C)C(C)C. The number of alkyl halides is 1. The van der Waals surface area contributed by atoms with E-state index in [-0.39, 0.29) is 36.0 Å². The van der Waals surface area contributed by atoms with Crippen LogP contribution in [0.1, 0.15) is 93.6 Å². The molecule has 3 saturated heterocycles. The maximum atomic E-state index is 17.5. The molecule has 1 unspecified atom stereocenters. The van der Waals surface area contributed by atoms with Gasteiger partial charge in [0.05, 0.1) is 10.9 Å². The molecule has 0 saturated carbocycles. The van der Waals surface area contributed by atoms with Crippen molar-refractivity contribution in [3.8, 4) is 28.7 Å². The number of aromatic nitrogens is 3. The Balaban J connectivity index is 1.33. The number of benzene rings is 2. The van der Waals surface area contributed by atoms with Crippen molar-refractivity contribution < 1.29 is 23.0 Å². The van der Waals surface area contributed by atoms with Crippen LogP contribution in [0.15, 0.2) is 42.6 Å². The van der Waals surface area contributed by atoms with Gasteiger partial charge in [-0.15, -0.1) is 5.54 Å². The van der Waals surface area contributed by atoms with E-state index in [1.54, 1.807) is 11.1 Å². The quantitative estimate of drug-likeness (QED) is 0.122. The van der Waals surface area contributed by atoms with E-state index in [4.69, 9.17) is 24.4 Å². The van der Waals surface area contributed by atoms with Crippen LogP contribution in [0.3, 0.4) is 0 Å². The molecule has 1 amide bonds. The molecule has 5 heterocycles. The van der Waals surface area contributed by atoms with Gasteiger partial charge in [0.25, 0.3) is 0 Å². The Labute approximate surface area is 343 Å². The molecule has 4 aromatic rings. The summed E-state index contributed by atoms with van der Waals surface area (Å²) >= 11 is 0. The molecule has 12 heteroatoms. The van der Waals surface area contributed by atoms with E-state index in [0.717, 1.165) is 35.7 Å². The minimum Gasteiger partial charge on any atom is -0.461 e. The highest BCUT2D eigenvalue weighted by Gasteiger charge is 2.49. The number of carbonyl (C=O) groups is 1. The Kier molecular flexibility index (Phi) is 11.5. The number of anilines is 1. The van der Waals surface area contributed by atoms with Gasteiger partial charge in [-0.25, -0.2) is 13.6 Å². The van der Waals surface area contributed by atoms with Crippen LogP contribution in [0, 0.1) is 17.3 Å². The predicted molar refractivity (Wildman–Crippen MR) is 231 cm³/mol. The first kappa shape index (κ1) is 41.8. The monoisotopic (exact) mass is 810 g/mol. The molecule has 3 atom stereocenters. The topological polar surface area (TPSA) is 83.9 Å². The van der Waals surface area contributed by atoms with Gasteiger partial charge in [0, 0.05) is 61.9 Å². The molecule has 0 spiro atoms. The van der Waals surface area contributed by atoms with Gasteiger partial charge < -0.3 is 19.3 Å². The van der Waals surface area contributed by atoms with Crippen LogP contribution in [0.4, 0.5) is 19.4 Å². The van der Waals surface area contributed by atoms with Crippen LogP contribution in [-0.4, -0.2) is 102 Å². The molecule has 3 aliphatic rings. The highest BCUT2D eigenvalue weighted by Crippen LogP contribution is 2.43. The van der Waals surface area contributed by atoms with Crippen LogP contribution < -0.4 is 9.64 Å². The molecular formula is C46H60F2N6O3Si. The summed E-state index contributed by atoms with van der Waals surface area (Å²) in [6.07, 6.45) is 3.20. The van der Waals surface area contributed by atoms with E-state index in [1.165, 1.54) is 0 Å². The van der Waals surface area contributed by atoms with Gasteiger partial charge >= 0.3 is 12.1 Å². The number of likely N-dealkylation sites (N-methyl/N-ethyl adjacent to an activating group) is 1. The fourth-order valence-corrected chi connectivity index (χ4v) is 15.4. The van der Waals surface area contributed by atoms with Crippen molar-refractivity contribution in [2.24, 2.45) is 0 Å². The normalized spacial score (nSPS) is 21.3. The number of pyridine rings is 1. The average molecular weight is 811 g/mol. The highest BCUT2D eigenvalue weighted by atomic mass is 28.3. The van der Waals surface area contributed by atoms with Crippen molar-refractivity contribution in [1.82, 2.24) is 24.8 Å². The maximum absolute atomic E-state index is 17.5. The second kappa shape index (κ2) is 16.0. The van der Waals surface area contributed by atoms with E-state index in [2.05, 4.69) is 57.9 Å². The number of fused-ring (bicyclic) bond motifs is 3. The zero-order valence-electron chi connectivity index (χ0n) is 36.0. The zero-order chi connectivity index (χ0) is 41.7. The maximum Gasteiger partial charge on any atom is 0.410 e. The molecule has 0 radical (unpaired) electrons. The standard InChI is InChI=1S/C46H60F2N6O3Si/c1-29(2)58(30(3)4,31(5)6)23-19-33-15-11-14-32-16-12-17-36(38(32)33)40-39(48)41-37(25-49-40)42(52(10)35-18-22-53(27-35)44(55)57-45(7,8)9)51-43(50-41)56-28-46-20-13-21-54(46)26-34(47)24-46/h11-12,14-17,25,29-31,34-35H,13,18,20-22,24,26-28H2,1-10H3/t34-,35?,46+/m1/s1. The number of ether oxygens (including phenoxy) is 2. The Morgan fingerprint density at radius 2 is 1.74 bits per heavy atom. The first-order valence-corrected chi connectivity index (χ1v) is 23.3. The Morgan fingerprint density at radius 1 is 1.03 bits per heavy atom. The number of carbonyl (C=O) groups excluding carboxylic acids is 1. The molecule has 9 nitrogen and oxygen atoms in total. The van der Waals surface area contributed by atoms with Crippen LogP contribution >= 0.6 is 0 Å². The minimum atomic E-state index is -2.07. The van der Waals surface area contributed by atoms with E-state index in [1.807, 2.05) is 69.1 Å². The van der Waals surface area contributed by atoms with Crippen LogP contribution in [0.5, 0.6) is 6.01 Å². The third kappa shape index (κ3) is 7.76. The summed E-state index contributed by atoms with van der Waals surface area (Å²) in [6, 6.07) is 11.8. The molecule has 2 aromatic heterocycles. The third-order valence-corrected chi connectivity index (χ3v) is 19.3. The second-order valence-corrected chi connectivity index (χ2v) is 24.3. The highest BCUT2D eigenvalue weighted by molar-refractivity contribution is 6.90. The molecule has 0 N–H and O–H groups in total. The van der Waals surface area contributed by atoms with Crippen molar-refractivity contribution in [1.29, 1.82) is 0 Å². The number of likely N-dealkylation sites (tertiary alicyclic amines) is 1. The molecular weight excluding hydrogens is 751 g/mol. The fraction of sp³-hybridized carbons (Fsp3) is 0.565. The van der Waals surface area contributed by atoms with Gasteiger partial charge in [-0.05, 0) is 74.7 Å². The van der Waals surface area contributed by atoms with Crippen molar-refractivity contribution in [3.05, 3.63) is 54.0 Å². The first-order valence-electron chi connectivity index (χ1n) is 21.1. The molecule has 3 fully saturated rings. The number of hydrogen-bond acceptors (Lipinski definition) is 8. The molecule has 310 valence electrons. The summed E-state index contributed by atoms with van der Waals surface area (Å²) in [5, 5.41) is 2.22. The number of rotatable bonds is 9. The van der Waals surface area contributed by atoms with Crippen LogP contribution in [0.25, 0.3) is 32.9 Å². The van der Waals surface area contributed by atoms with Gasteiger partial charge in [0.2, 0.25) is 0 Å². The summed E-state index contributed by atoms with van der Waals surface area (Å²) in [5.41, 5.74) is 5.93. The number of nitrogens with zero attached hydrogens (tertiary/aromatic N) is 6. The largest absolute Gasteiger partial charge is 0.461 e. The molecule has 3 aliphatic heterocycles.